The van der Waals surface area contributed by atoms with Crippen LogP contribution >= 0.6 is 0 Å². The number of amides is 2. The lowest BCUT2D eigenvalue weighted by molar-refractivity contribution is 0.256. The summed E-state index contributed by atoms with van der Waals surface area (Å²) in [5, 5.41) is 2.50. The summed E-state index contributed by atoms with van der Waals surface area (Å²) in [5.41, 5.74) is 2.08. The number of carbonyl (C=O) groups is 1. The summed E-state index contributed by atoms with van der Waals surface area (Å²) in [6.07, 6.45) is 0. The van der Waals surface area contributed by atoms with Gasteiger partial charge in [0.15, 0.2) is 0 Å². The summed E-state index contributed by atoms with van der Waals surface area (Å²) in [4.78, 5) is 11.2. The van der Waals surface area contributed by atoms with E-state index in [9.17, 15) is 13.2 Å². The lowest BCUT2D eigenvalue weighted by Gasteiger charge is -2.20. The second-order valence-corrected chi connectivity index (χ2v) is 5.09. The van der Waals surface area contributed by atoms with Gasteiger partial charge in [0.1, 0.15) is 4.90 Å². The fourth-order valence-electron chi connectivity index (χ4n) is 1.49. The molecule has 15 heavy (non-hydrogen) atoms. The van der Waals surface area contributed by atoms with Crippen LogP contribution in [0.5, 0.6) is 0 Å². The minimum Gasteiger partial charge on any atom is -0.306 e. The van der Waals surface area contributed by atoms with Gasteiger partial charge in [-0.05, 0) is 31.0 Å². The highest BCUT2D eigenvalue weighted by atomic mass is 32.2. The van der Waals surface area contributed by atoms with Crippen molar-refractivity contribution in [3.63, 3.8) is 0 Å². The van der Waals surface area contributed by atoms with E-state index in [0.29, 0.717) is 5.69 Å². The number of rotatable bonds is 0. The van der Waals surface area contributed by atoms with Gasteiger partial charge in [-0.1, -0.05) is 6.07 Å². The third kappa shape index (κ3) is 1.46. The van der Waals surface area contributed by atoms with E-state index in [0.717, 1.165) is 11.1 Å². The molecule has 0 fully saturated rings. The maximum atomic E-state index is 11.6. The highest BCUT2D eigenvalue weighted by Gasteiger charge is 2.28. The zero-order valence-corrected chi connectivity index (χ0v) is 9.10. The van der Waals surface area contributed by atoms with Crippen molar-refractivity contribution < 1.29 is 13.2 Å². The van der Waals surface area contributed by atoms with Crippen molar-refractivity contribution in [2.75, 3.05) is 5.32 Å². The average molecular weight is 226 g/mol. The van der Waals surface area contributed by atoms with Gasteiger partial charge in [-0.2, -0.15) is 0 Å². The maximum absolute atomic E-state index is 11.6. The molecule has 2 rings (SSSR count). The fraction of sp³-hybridized carbons (Fsp3) is 0.222. The molecule has 6 heteroatoms. The van der Waals surface area contributed by atoms with Crippen LogP contribution in [0.15, 0.2) is 17.0 Å². The highest BCUT2D eigenvalue weighted by Crippen LogP contribution is 2.29. The van der Waals surface area contributed by atoms with Crippen LogP contribution in [0.25, 0.3) is 0 Å². The van der Waals surface area contributed by atoms with Crippen molar-refractivity contribution in [3.05, 3.63) is 23.3 Å². The summed E-state index contributed by atoms with van der Waals surface area (Å²) in [6.45, 7) is 3.63. The predicted molar refractivity (Wildman–Crippen MR) is 55.3 cm³/mol. The predicted octanol–water partition coefficient (Wildman–Crippen LogP) is 1.13. The molecule has 1 heterocycles. The molecule has 2 N–H and O–H groups in total. The number of fused-ring (bicyclic) bond motifs is 1. The first-order valence-electron chi connectivity index (χ1n) is 4.36. The van der Waals surface area contributed by atoms with E-state index in [1.165, 1.54) is 6.07 Å². The molecule has 80 valence electrons. The molecule has 1 aliphatic heterocycles. The van der Waals surface area contributed by atoms with Gasteiger partial charge in [-0.3, -0.25) is 0 Å². The summed E-state index contributed by atoms with van der Waals surface area (Å²) in [6, 6.07) is 2.49. The summed E-state index contributed by atoms with van der Waals surface area (Å²) in [7, 11) is -3.69. The van der Waals surface area contributed by atoms with Gasteiger partial charge in [-0.25, -0.2) is 17.9 Å². The van der Waals surface area contributed by atoms with Crippen LogP contribution in [-0.4, -0.2) is 14.4 Å². The van der Waals surface area contributed by atoms with Crippen LogP contribution in [0.4, 0.5) is 10.5 Å². The lowest BCUT2D eigenvalue weighted by atomic mass is 10.1. The second-order valence-electron chi connectivity index (χ2n) is 3.44. The monoisotopic (exact) mass is 226 g/mol. The number of benzene rings is 1. The zero-order chi connectivity index (χ0) is 11.2. The topological polar surface area (TPSA) is 75.3 Å². The van der Waals surface area contributed by atoms with Crippen molar-refractivity contribution in [3.8, 4) is 0 Å². The van der Waals surface area contributed by atoms with Gasteiger partial charge in [0.05, 0.1) is 5.69 Å². The fourth-order valence-corrected chi connectivity index (χ4v) is 2.61. The first-order chi connectivity index (χ1) is 6.92. The normalized spacial score (nSPS) is 17.6. The van der Waals surface area contributed by atoms with E-state index < -0.39 is 16.1 Å². The van der Waals surface area contributed by atoms with Crippen LogP contribution in [0.3, 0.4) is 0 Å². The van der Waals surface area contributed by atoms with Crippen LogP contribution in [0, 0.1) is 13.8 Å². The number of urea groups is 1. The Hall–Kier alpha value is -1.56. The molecule has 0 aromatic heterocycles. The molecule has 0 atom stereocenters. The molecule has 0 aliphatic carbocycles. The van der Waals surface area contributed by atoms with E-state index in [-0.39, 0.29) is 4.90 Å². The summed E-state index contributed by atoms with van der Waals surface area (Å²) in [5.74, 6) is 0. The van der Waals surface area contributed by atoms with Crippen molar-refractivity contribution >= 4 is 21.7 Å². The number of hydrogen-bond donors (Lipinski definition) is 2. The Morgan fingerprint density at radius 3 is 2.53 bits per heavy atom. The van der Waals surface area contributed by atoms with Crippen molar-refractivity contribution in [1.29, 1.82) is 0 Å². The highest BCUT2D eigenvalue weighted by molar-refractivity contribution is 7.90. The van der Waals surface area contributed by atoms with E-state index in [1.54, 1.807) is 13.0 Å². The van der Waals surface area contributed by atoms with E-state index in [4.69, 9.17) is 0 Å². The Morgan fingerprint density at radius 1 is 1.20 bits per heavy atom. The minimum atomic E-state index is -3.69. The Bertz CT molecular complexity index is 549. The maximum Gasteiger partial charge on any atom is 0.333 e. The van der Waals surface area contributed by atoms with Crippen molar-refractivity contribution in [1.82, 2.24) is 4.72 Å². The molecule has 1 aliphatic rings. The van der Waals surface area contributed by atoms with Crippen LogP contribution in [-0.2, 0) is 10.0 Å². The Balaban J connectivity index is 2.78. The Labute approximate surface area is 87.5 Å². The molecular formula is C9H10N2O3S. The summed E-state index contributed by atoms with van der Waals surface area (Å²) < 4.78 is 25.0. The third-order valence-electron chi connectivity index (χ3n) is 2.45. The lowest BCUT2D eigenvalue weighted by Crippen LogP contribution is -2.39. The molecule has 0 bridgehead atoms. The molecule has 2 amide bonds. The summed E-state index contributed by atoms with van der Waals surface area (Å²) >= 11 is 0. The van der Waals surface area contributed by atoms with Gasteiger partial charge >= 0.3 is 6.03 Å². The zero-order valence-electron chi connectivity index (χ0n) is 8.29. The van der Waals surface area contributed by atoms with Gasteiger partial charge in [0.2, 0.25) is 0 Å². The van der Waals surface area contributed by atoms with Crippen molar-refractivity contribution in [2.45, 2.75) is 18.7 Å². The Kier molecular flexibility index (Phi) is 1.97. The second kappa shape index (κ2) is 2.96. The molecular weight excluding hydrogens is 216 g/mol. The third-order valence-corrected chi connectivity index (χ3v) is 3.83. The first-order valence-corrected chi connectivity index (χ1v) is 5.84. The molecule has 1 aromatic rings. The number of carbonyl (C=O) groups excluding carboxylic acids is 1. The number of anilines is 1. The SMILES string of the molecule is Cc1ccc2c(c1C)NC(=O)NS2(=O)=O. The van der Waals surface area contributed by atoms with Gasteiger partial charge < -0.3 is 5.32 Å². The first kappa shape index (κ1) is 9.97. The molecule has 0 saturated carbocycles. The number of sulfonamides is 1. The van der Waals surface area contributed by atoms with E-state index >= 15 is 0 Å². The molecule has 0 spiro atoms. The van der Waals surface area contributed by atoms with Gasteiger partial charge in [-0.15, -0.1) is 0 Å². The van der Waals surface area contributed by atoms with Crippen LogP contribution in [0.1, 0.15) is 11.1 Å². The largest absolute Gasteiger partial charge is 0.333 e. The van der Waals surface area contributed by atoms with E-state index in [2.05, 4.69) is 5.32 Å². The Morgan fingerprint density at radius 2 is 1.87 bits per heavy atom. The molecule has 5 nitrogen and oxygen atoms in total. The van der Waals surface area contributed by atoms with Crippen LogP contribution in [0.2, 0.25) is 0 Å². The van der Waals surface area contributed by atoms with Gasteiger partial charge in [0, 0.05) is 0 Å². The number of aryl methyl sites for hydroxylation is 1. The molecule has 0 saturated heterocycles. The van der Waals surface area contributed by atoms with Gasteiger partial charge in [0.25, 0.3) is 10.0 Å². The number of hydrogen-bond acceptors (Lipinski definition) is 3. The van der Waals surface area contributed by atoms with Crippen LogP contribution < -0.4 is 10.0 Å². The number of nitrogens with one attached hydrogen (secondary N) is 2. The standard InChI is InChI=1S/C9H10N2O3S/c1-5-3-4-7-8(6(5)2)10-9(12)11-15(7,13)14/h3-4H,1-2H3,(H2,10,11,12). The molecule has 1 aromatic carbocycles. The minimum absolute atomic E-state index is 0.116. The quantitative estimate of drug-likeness (QED) is 0.696. The average Bonchev–Trinajstić information content (AvgIpc) is 2.10. The molecule has 0 radical (unpaired) electrons. The molecule has 0 unspecified atom stereocenters. The smallest absolute Gasteiger partial charge is 0.306 e. The van der Waals surface area contributed by atoms with E-state index in [1.807, 2.05) is 11.6 Å². The van der Waals surface area contributed by atoms with Crippen molar-refractivity contribution in [2.24, 2.45) is 0 Å².